The number of nitrogens with one attached hydrogen (secondary N) is 1. The standard InChI is InChI=1S/C12H12N2/c1-3-5-12-13-10-7-6-9(4-2)8-11(10)14-12/h3-8H,2H2,1H3,(H,13,14). The Balaban J connectivity index is 2.59. The number of aromatic amines is 1. The summed E-state index contributed by atoms with van der Waals surface area (Å²) >= 11 is 0. The van der Waals surface area contributed by atoms with E-state index in [0.29, 0.717) is 0 Å². The molecule has 1 aromatic carbocycles. The van der Waals surface area contributed by atoms with Crippen LogP contribution in [0.2, 0.25) is 0 Å². The molecule has 0 aliphatic carbocycles. The zero-order valence-corrected chi connectivity index (χ0v) is 8.12. The highest BCUT2D eigenvalue weighted by molar-refractivity contribution is 5.79. The minimum atomic E-state index is 0.892. The Labute approximate surface area is 83.0 Å². The van der Waals surface area contributed by atoms with E-state index in [1.54, 1.807) is 0 Å². The zero-order valence-electron chi connectivity index (χ0n) is 8.12. The molecule has 0 aliphatic heterocycles. The Morgan fingerprint density at radius 3 is 3.00 bits per heavy atom. The molecule has 2 aromatic rings. The molecule has 0 atom stereocenters. The molecule has 0 spiro atoms. The van der Waals surface area contributed by atoms with Crippen molar-refractivity contribution in [3.8, 4) is 0 Å². The van der Waals surface area contributed by atoms with Gasteiger partial charge >= 0.3 is 0 Å². The fourth-order valence-electron chi connectivity index (χ4n) is 1.41. The van der Waals surface area contributed by atoms with E-state index < -0.39 is 0 Å². The van der Waals surface area contributed by atoms with Crippen molar-refractivity contribution in [3.05, 3.63) is 42.2 Å². The van der Waals surface area contributed by atoms with Gasteiger partial charge in [-0.3, -0.25) is 0 Å². The van der Waals surface area contributed by atoms with Crippen LogP contribution in [0.3, 0.4) is 0 Å². The van der Waals surface area contributed by atoms with Crippen molar-refractivity contribution in [2.75, 3.05) is 0 Å². The first-order chi connectivity index (χ1) is 6.83. The molecule has 0 amide bonds. The number of aromatic nitrogens is 2. The summed E-state index contributed by atoms with van der Waals surface area (Å²) in [6, 6.07) is 6.05. The first kappa shape index (κ1) is 8.75. The number of hydrogen-bond acceptors (Lipinski definition) is 1. The molecule has 0 unspecified atom stereocenters. The first-order valence-electron chi connectivity index (χ1n) is 4.58. The van der Waals surface area contributed by atoms with Gasteiger partial charge in [0, 0.05) is 0 Å². The highest BCUT2D eigenvalue weighted by atomic mass is 14.9. The third-order valence-electron chi connectivity index (χ3n) is 2.08. The molecule has 2 heteroatoms. The summed E-state index contributed by atoms with van der Waals surface area (Å²) in [5, 5.41) is 0. The second-order valence-corrected chi connectivity index (χ2v) is 3.10. The van der Waals surface area contributed by atoms with Crippen LogP contribution in [0.25, 0.3) is 23.2 Å². The molecule has 2 rings (SSSR count). The highest BCUT2D eigenvalue weighted by Gasteiger charge is 1.99. The average molecular weight is 184 g/mol. The molecule has 0 saturated carbocycles. The number of imidazole rings is 1. The third-order valence-corrected chi connectivity index (χ3v) is 2.08. The molecular formula is C12H12N2. The number of fused-ring (bicyclic) bond motifs is 1. The van der Waals surface area contributed by atoms with Crippen LogP contribution < -0.4 is 0 Å². The molecule has 0 bridgehead atoms. The predicted octanol–water partition coefficient (Wildman–Crippen LogP) is 3.24. The average Bonchev–Trinajstić information content (AvgIpc) is 2.59. The third kappa shape index (κ3) is 1.46. The predicted molar refractivity (Wildman–Crippen MR) is 60.9 cm³/mol. The van der Waals surface area contributed by atoms with Crippen LogP contribution in [0.5, 0.6) is 0 Å². The van der Waals surface area contributed by atoms with Gasteiger partial charge in [-0.15, -0.1) is 0 Å². The van der Waals surface area contributed by atoms with Crippen LogP contribution in [0.4, 0.5) is 0 Å². The summed E-state index contributed by atoms with van der Waals surface area (Å²) in [6.07, 6.45) is 5.75. The van der Waals surface area contributed by atoms with Crippen molar-refractivity contribution in [1.29, 1.82) is 0 Å². The minimum absolute atomic E-state index is 0.892. The number of rotatable bonds is 2. The number of hydrogen-bond donors (Lipinski definition) is 1. The van der Waals surface area contributed by atoms with Crippen molar-refractivity contribution in [2.24, 2.45) is 0 Å². The topological polar surface area (TPSA) is 28.7 Å². The van der Waals surface area contributed by atoms with Crippen LogP contribution in [0.15, 0.2) is 30.9 Å². The van der Waals surface area contributed by atoms with Crippen molar-refractivity contribution in [3.63, 3.8) is 0 Å². The van der Waals surface area contributed by atoms with Gasteiger partial charge in [0.25, 0.3) is 0 Å². The molecule has 14 heavy (non-hydrogen) atoms. The molecule has 0 aliphatic rings. The maximum Gasteiger partial charge on any atom is 0.130 e. The van der Waals surface area contributed by atoms with E-state index in [0.717, 1.165) is 22.4 Å². The van der Waals surface area contributed by atoms with Crippen LogP contribution in [0, 0.1) is 0 Å². The molecule has 1 heterocycles. The molecular weight excluding hydrogens is 172 g/mol. The van der Waals surface area contributed by atoms with Gasteiger partial charge in [-0.05, 0) is 30.7 Å². The maximum atomic E-state index is 4.40. The molecule has 70 valence electrons. The number of nitrogens with zero attached hydrogens (tertiary/aromatic N) is 1. The van der Waals surface area contributed by atoms with Gasteiger partial charge in [-0.1, -0.05) is 24.8 Å². The zero-order chi connectivity index (χ0) is 9.97. The molecule has 2 nitrogen and oxygen atoms in total. The first-order valence-corrected chi connectivity index (χ1v) is 4.58. The smallest absolute Gasteiger partial charge is 0.130 e. The van der Waals surface area contributed by atoms with E-state index in [9.17, 15) is 0 Å². The summed E-state index contributed by atoms with van der Waals surface area (Å²) < 4.78 is 0. The Morgan fingerprint density at radius 1 is 1.43 bits per heavy atom. The Morgan fingerprint density at radius 2 is 2.29 bits per heavy atom. The number of H-pyrrole nitrogens is 1. The fraction of sp³-hybridized carbons (Fsp3) is 0.0833. The van der Waals surface area contributed by atoms with Crippen LogP contribution >= 0.6 is 0 Å². The fourth-order valence-corrected chi connectivity index (χ4v) is 1.41. The van der Waals surface area contributed by atoms with E-state index >= 15 is 0 Å². The Hall–Kier alpha value is -1.83. The molecule has 1 N–H and O–H groups in total. The van der Waals surface area contributed by atoms with Crippen LogP contribution in [0.1, 0.15) is 18.3 Å². The second-order valence-electron chi connectivity index (χ2n) is 3.10. The second kappa shape index (κ2) is 3.50. The largest absolute Gasteiger partial charge is 0.338 e. The summed E-state index contributed by atoms with van der Waals surface area (Å²) in [5.74, 6) is 0.892. The summed E-state index contributed by atoms with van der Waals surface area (Å²) in [4.78, 5) is 7.63. The molecule has 0 radical (unpaired) electrons. The lowest BCUT2D eigenvalue weighted by Crippen LogP contribution is -1.72. The number of allylic oxidation sites excluding steroid dienone is 1. The van der Waals surface area contributed by atoms with E-state index in [-0.39, 0.29) is 0 Å². The van der Waals surface area contributed by atoms with Crippen molar-refractivity contribution >= 4 is 23.2 Å². The molecule has 0 fully saturated rings. The molecule has 1 aromatic heterocycles. The maximum absolute atomic E-state index is 4.40. The lowest BCUT2D eigenvalue weighted by atomic mass is 10.2. The van der Waals surface area contributed by atoms with Gasteiger partial charge in [0.05, 0.1) is 11.0 Å². The van der Waals surface area contributed by atoms with Gasteiger partial charge in [0.1, 0.15) is 5.82 Å². The minimum Gasteiger partial charge on any atom is -0.338 e. The highest BCUT2D eigenvalue weighted by Crippen LogP contribution is 2.14. The van der Waals surface area contributed by atoms with Gasteiger partial charge in [-0.2, -0.15) is 0 Å². The van der Waals surface area contributed by atoms with Gasteiger partial charge in [0.2, 0.25) is 0 Å². The lowest BCUT2D eigenvalue weighted by Gasteiger charge is -1.90. The van der Waals surface area contributed by atoms with Crippen LogP contribution in [-0.2, 0) is 0 Å². The van der Waals surface area contributed by atoms with Crippen LogP contribution in [-0.4, -0.2) is 9.97 Å². The van der Waals surface area contributed by atoms with Gasteiger partial charge in [-0.25, -0.2) is 4.98 Å². The number of benzene rings is 1. The molecule has 0 saturated heterocycles. The Kier molecular flexibility index (Phi) is 2.19. The van der Waals surface area contributed by atoms with Crippen molar-refractivity contribution < 1.29 is 0 Å². The van der Waals surface area contributed by atoms with Crippen molar-refractivity contribution in [1.82, 2.24) is 9.97 Å². The van der Waals surface area contributed by atoms with E-state index in [1.165, 1.54) is 0 Å². The Bertz CT molecular complexity index is 492. The SMILES string of the molecule is C=Cc1ccc2nc(C=CC)[nH]c2c1. The summed E-state index contributed by atoms with van der Waals surface area (Å²) in [6.45, 7) is 5.71. The van der Waals surface area contributed by atoms with Gasteiger partial charge < -0.3 is 4.98 Å². The normalized spacial score (nSPS) is 11.2. The van der Waals surface area contributed by atoms with Gasteiger partial charge in [0.15, 0.2) is 0 Å². The van der Waals surface area contributed by atoms with Crippen molar-refractivity contribution in [2.45, 2.75) is 6.92 Å². The van der Waals surface area contributed by atoms with E-state index in [1.807, 2.05) is 43.4 Å². The van der Waals surface area contributed by atoms with E-state index in [4.69, 9.17) is 0 Å². The summed E-state index contributed by atoms with van der Waals surface area (Å²) in [7, 11) is 0. The summed E-state index contributed by atoms with van der Waals surface area (Å²) in [5.41, 5.74) is 3.15. The van der Waals surface area contributed by atoms with E-state index in [2.05, 4.69) is 16.5 Å². The lowest BCUT2D eigenvalue weighted by molar-refractivity contribution is 1.29. The quantitative estimate of drug-likeness (QED) is 0.762. The monoisotopic (exact) mass is 184 g/mol.